The van der Waals surface area contributed by atoms with Gasteiger partial charge in [0.25, 0.3) is 0 Å². The Bertz CT molecular complexity index is 590. The zero-order chi connectivity index (χ0) is 13.2. The summed E-state index contributed by atoms with van der Waals surface area (Å²) in [7, 11) is 0. The van der Waals surface area contributed by atoms with Crippen LogP contribution in [0.5, 0.6) is 0 Å². The van der Waals surface area contributed by atoms with Crippen molar-refractivity contribution in [3.63, 3.8) is 0 Å². The maximum absolute atomic E-state index is 6.47. The summed E-state index contributed by atoms with van der Waals surface area (Å²) in [4.78, 5) is 0. The van der Waals surface area contributed by atoms with Crippen LogP contribution in [0.1, 0.15) is 36.1 Å². The molecule has 19 heavy (non-hydrogen) atoms. The van der Waals surface area contributed by atoms with Crippen molar-refractivity contribution in [3.8, 4) is 0 Å². The minimum atomic E-state index is 0.687. The van der Waals surface area contributed by atoms with Gasteiger partial charge in [0.15, 0.2) is 0 Å². The van der Waals surface area contributed by atoms with Gasteiger partial charge in [0.1, 0.15) is 5.15 Å². The van der Waals surface area contributed by atoms with Gasteiger partial charge >= 0.3 is 0 Å². The Morgan fingerprint density at radius 3 is 2.79 bits per heavy atom. The van der Waals surface area contributed by atoms with Crippen LogP contribution in [-0.2, 0) is 19.4 Å². The van der Waals surface area contributed by atoms with Crippen molar-refractivity contribution in [2.75, 3.05) is 0 Å². The first kappa shape index (κ1) is 13.0. The van der Waals surface area contributed by atoms with Gasteiger partial charge in [0.2, 0.25) is 0 Å². The molecular weight excluding hydrogens is 279 g/mol. The molecule has 0 unspecified atom stereocenters. The normalized spacial score (nSPS) is 15.1. The highest BCUT2D eigenvalue weighted by Gasteiger charge is 2.18. The number of fused-ring (bicyclic) bond motifs is 1. The molecule has 1 aliphatic rings. The van der Waals surface area contributed by atoms with E-state index in [1.807, 2.05) is 22.9 Å². The first-order valence-electron chi connectivity index (χ1n) is 6.72. The van der Waals surface area contributed by atoms with Gasteiger partial charge in [-0.15, -0.1) is 0 Å². The fraction of sp³-hybridized carbons (Fsp3) is 0.400. The second kappa shape index (κ2) is 5.56. The van der Waals surface area contributed by atoms with Crippen LogP contribution in [0.15, 0.2) is 24.3 Å². The zero-order valence-electron chi connectivity index (χ0n) is 10.7. The van der Waals surface area contributed by atoms with Crippen molar-refractivity contribution in [2.24, 2.45) is 0 Å². The Kier molecular flexibility index (Phi) is 3.81. The molecule has 1 aromatic heterocycles. The van der Waals surface area contributed by atoms with Crippen molar-refractivity contribution in [1.29, 1.82) is 0 Å². The monoisotopic (exact) mass is 294 g/mol. The lowest BCUT2D eigenvalue weighted by Gasteiger charge is -2.05. The van der Waals surface area contributed by atoms with Crippen LogP contribution in [0.2, 0.25) is 10.2 Å². The topological polar surface area (TPSA) is 17.8 Å². The van der Waals surface area contributed by atoms with Crippen LogP contribution < -0.4 is 0 Å². The predicted molar refractivity (Wildman–Crippen MR) is 79.1 cm³/mol. The van der Waals surface area contributed by atoms with E-state index in [1.165, 1.54) is 30.5 Å². The molecule has 0 amide bonds. The van der Waals surface area contributed by atoms with Crippen LogP contribution in [0, 0.1) is 0 Å². The molecule has 2 nitrogen and oxygen atoms in total. The highest BCUT2D eigenvalue weighted by molar-refractivity contribution is 6.31. The second-order valence-corrected chi connectivity index (χ2v) is 5.86. The number of aryl methyl sites for hydroxylation is 1. The second-order valence-electron chi connectivity index (χ2n) is 5.06. The number of benzene rings is 1. The molecule has 1 heterocycles. The van der Waals surface area contributed by atoms with Crippen molar-refractivity contribution in [2.45, 2.75) is 38.6 Å². The van der Waals surface area contributed by atoms with Gasteiger partial charge < -0.3 is 0 Å². The van der Waals surface area contributed by atoms with Crippen molar-refractivity contribution in [1.82, 2.24) is 9.78 Å². The molecule has 0 atom stereocenters. The zero-order valence-corrected chi connectivity index (χ0v) is 12.2. The SMILES string of the molecule is Clc1cccc(Cn2nc3c(c2Cl)CCCCC3)c1. The summed E-state index contributed by atoms with van der Waals surface area (Å²) in [5.41, 5.74) is 3.57. The molecule has 0 fully saturated rings. The fourth-order valence-corrected chi connectivity index (χ4v) is 3.17. The summed E-state index contributed by atoms with van der Waals surface area (Å²) in [6.07, 6.45) is 5.83. The number of halogens is 2. The smallest absolute Gasteiger partial charge is 0.130 e. The number of rotatable bonds is 2. The van der Waals surface area contributed by atoms with Crippen LogP contribution >= 0.6 is 23.2 Å². The highest BCUT2D eigenvalue weighted by Crippen LogP contribution is 2.27. The van der Waals surface area contributed by atoms with E-state index in [-0.39, 0.29) is 0 Å². The molecule has 2 aromatic rings. The summed E-state index contributed by atoms with van der Waals surface area (Å²) in [5.74, 6) is 0. The van der Waals surface area contributed by atoms with Gasteiger partial charge in [-0.1, -0.05) is 41.8 Å². The van der Waals surface area contributed by atoms with Crippen molar-refractivity contribution < 1.29 is 0 Å². The molecule has 1 aromatic carbocycles. The first-order valence-corrected chi connectivity index (χ1v) is 7.48. The molecule has 0 saturated carbocycles. The van der Waals surface area contributed by atoms with E-state index in [1.54, 1.807) is 0 Å². The quantitative estimate of drug-likeness (QED) is 0.745. The predicted octanol–water partition coefficient (Wildman–Crippen LogP) is 4.51. The van der Waals surface area contributed by atoms with Crippen molar-refractivity contribution >= 4 is 23.2 Å². The lowest BCUT2D eigenvalue weighted by atomic mass is 10.1. The van der Waals surface area contributed by atoms with Crippen LogP contribution in [0.3, 0.4) is 0 Å². The Morgan fingerprint density at radius 2 is 1.95 bits per heavy atom. The van der Waals surface area contributed by atoms with Gasteiger partial charge in [0, 0.05) is 10.6 Å². The lowest BCUT2D eigenvalue weighted by molar-refractivity contribution is 0.647. The van der Waals surface area contributed by atoms with Crippen LogP contribution in [0.4, 0.5) is 0 Å². The van der Waals surface area contributed by atoms with Crippen LogP contribution in [0.25, 0.3) is 0 Å². The Hall–Kier alpha value is -0.990. The minimum absolute atomic E-state index is 0.687. The highest BCUT2D eigenvalue weighted by atomic mass is 35.5. The third-order valence-electron chi connectivity index (χ3n) is 3.63. The maximum atomic E-state index is 6.47. The largest absolute Gasteiger partial charge is 0.249 e. The number of nitrogens with zero attached hydrogens (tertiary/aromatic N) is 2. The number of hydrogen-bond acceptors (Lipinski definition) is 1. The van der Waals surface area contributed by atoms with Gasteiger partial charge in [-0.25, -0.2) is 4.68 Å². The summed E-state index contributed by atoms with van der Waals surface area (Å²) in [6, 6.07) is 7.85. The van der Waals surface area contributed by atoms with E-state index < -0.39 is 0 Å². The molecule has 0 saturated heterocycles. The fourth-order valence-electron chi connectivity index (χ4n) is 2.66. The van der Waals surface area contributed by atoms with Gasteiger partial charge in [-0.05, 0) is 43.4 Å². The number of aromatic nitrogens is 2. The van der Waals surface area contributed by atoms with E-state index in [4.69, 9.17) is 23.2 Å². The van der Waals surface area contributed by atoms with E-state index in [0.29, 0.717) is 6.54 Å². The number of hydrogen-bond donors (Lipinski definition) is 0. The molecule has 0 bridgehead atoms. The molecule has 0 spiro atoms. The third-order valence-corrected chi connectivity index (χ3v) is 4.29. The van der Waals surface area contributed by atoms with E-state index >= 15 is 0 Å². The van der Waals surface area contributed by atoms with E-state index in [9.17, 15) is 0 Å². The average Bonchev–Trinajstić information content (AvgIpc) is 2.58. The standard InChI is InChI=1S/C15H16Cl2N2/c16-12-6-4-5-11(9-12)10-19-15(17)13-7-2-1-3-8-14(13)18-19/h4-6,9H,1-3,7-8,10H2. The van der Waals surface area contributed by atoms with Crippen LogP contribution in [-0.4, -0.2) is 9.78 Å². The average molecular weight is 295 g/mol. The van der Waals surface area contributed by atoms with Gasteiger partial charge in [-0.2, -0.15) is 5.10 Å². The molecule has 0 radical (unpaired) electrons. The van der Waals surface area contributed by atoms with Gasteiger partial charge in [0.05, 0.1) is 12.2 Å². The maximum Gasteiger partial charge on any atom is 0.130 e. The molecule has 3 rings (SSSR count). The molecule has 4 heteroatoms. The molecule has 0 N–H and O–H groups in total. The van der Waals surface area contributed by atoms with E-state index in [0.717, 1.165) is 28.6 Å². The summed E-state index contributed by atoms with van der Waals surface area (Å²) < 4.78 is 1.91. The summed E-state index contributed by atoms with van der Waals surface area (Å²) in [6.45, 7) is 0.687. The van der Waals surface area contributed by atoms with Gasteiger partial charge in [-0.3, -0.25) is 0 Å². The molecule has 100 valence electrons. The molecule has 1 aliphatic carbocycles. The third kappa shape index (κ3) is 2.80. The molecule has 0 aliphatic heterocycles. The summed E-state index contributed by atoms with van der Waals surface area (Å²) in [5, 5.41) is 6.23. The Labute approximate surface area is 123 Å². The van der Waals surface area contributed by atoms with E-state index in [2.05, 4.69) is 11.2 Å². The lowest BCUT2D eigenvalue weighted by Crippen LogP contribution is -2.02. The van der Waals surface area contributed by atoms with Crippen molar-refractivity contribution in [3.05, 3.63) is 51.3 Å². The Morgan fingerprint density at radius 1 is 1.11 bits per heavy atom. The first-order chi connectivity index (χ1) is 9.24. The molecular formula is C15H16Cl2N2. The minimum Gasteiger partial charge on any atom is -0.249 e. The Balaban J connectivity index is 1.89. The summed E-state index contributed by atoms with van der Waals surface area (Å²) >= 11 is 12.5.